The van der Waals surface area contributed by atoms with Crippen LogP contribution in [0, 0.1) is 6.92 Å². The minimum atomic E-state index is -3.37. The first-order chi connectivity index (χ1) is 12.3. The van der Waals surface area contributed by atoms with Gasteiger partial charge in [-0.05, 0) is 63.4 Å². The summed E-state index contributed by atoms with van der Waals surface area (Å²) in [5, 5.41) is 0. The molecule has 26 heavy (non-hydrogen) atoms. The molecule has 0 aromatic heterocycles. The van der Waals surface area contributed by atoms with E-state index >= 15 is 0 Å². The van der Waals surface area contributed by atoms with Gasteiger partial charge in [0.15, 0.2) is 0 Å². The van der Waals surface area contributed by atoms with Crippen molar-refractivity contribution in [2.45, 2.75) is 45.1 Å². The van der Waals surface area contributed by atoms with Crippen molar-refractivity contribution in [2.75, 3.05) is 37.2 Å². The summed E-state index contributed by atoms with van der Waals surface area (Å²) in [5.74, 6) is -0.0151. The summed E-state index contributed by atoms with van der Waals surface area (Å²) in [6, 6.07) is 5.82. The average Bonchev–Trinajstić information content (AvgIpc) is 2.63. The van der Waals surface area contributed by atoms with Gasteiger partial charge in [-0.3, -0.25) is 9.52 Å². The Bertz CT molecular complexity index is 749. The zero-order valence-electron chi connectivity index (χ0n) is 15.7. The lowest BCUT2D eigenvalue weighted by atomic mass is 9.99. The first kappa shape index (κ1) is 19.2. The molecule has 0 spiro atoms. The lowest BCUT2D eigenvalue weighted by Crippen LogP contribution is -2.48. The third kappa shape index (κ3) is 4.76. The van der Waals surface area contributed by atoms with E-state index in [-0.39, 0.29) is 5.91 Å². The van der Waals surface area contributed by atoms with Crippen LogP contribution in [0.5, 0.6) is 0 Å². The first-order valence-corrected chi connectivity index (χ1v) is 11.3. The second kappa shape index (κ2) is 7.96. The molecule has 7 heteroatoms. The highest BCUT2D eigenvalue weighted by molar-refractivity contribution is 7.92. The molecule has 0 atom stereocenters. The molecule has 2 heterocycles. The van der Waals surface area contributed by atoms with E-state index in [0.29, 0.717) is 17.3 Å². The monoisotopic (exact) mass is 379 g/mol. The summed E-state index contributed by atoms with van der Waals surface area (Å²) < 4.78 is 25.5. The molecule has 2 aliphatic rings. The molecule has 144 valence electrons. The fraction of sp³-hybridized carbons (Fsp3) is 0.632. The van der Waals surface area contributed by atoms with E-state index in [2.05, 4.69) is 9.62 Å². The molecular weight excluding hydrogens is 350 g/mol. The molecule has 2 fully saturated rings. The van der Waals surface area contributed by atoms with Gasteiger partial charge < -0.3 is 9.80 Å². The Morgan fingerprint density at radius 1 is 1.08 bits per heavy atom. The van der Waals surface area contributed by atoms with E-state index in [1.54, 1.807) is 18.2 Å². The zero-order chi connectivity index (χ0) is 18.7. The van der Waals surface area contributed by atoms with Crippen LogP contribution < -0.4 is 4.72 Å². The Balaban J connectivity index is 1.64. The van der Waals surface area contributed by atoms with Crippen molar-refractivity contribution in [1.29, 1.82) is 0 Å². The van der Waals surface area contributed by atoms with Gasteiger partial charge in [-0.15, -0.1) is 0 Å². The summed E-state index contributed by atoms with van der Waals surface area (Å²) >= 11 is 0. The van der Waals surface area contributed by atoms with Gasteiger partial charge in [0, 0.05) is 24.7 Å². The van der Waals surface area contributed by atoms with Crippen molar-refractivity contribution in [1.82, 2.24) is 9.80 Å². The molecule has 2 aliphatic heterocycles. The van der Waals surface area contributed by atoms with Crippen LogP contribution in [0.4, 0.5) is 5.69 Å². The van der Waals surface area contributed by atoms with Gasteiger partial charge in [0.2, 0.25) is 10.0 Å². The van der Waals surface area contributed by atoms with Gasteiger partial charge in [0.1, 0.15) is 0 Å². The molecule has 2 saturated heterocycles. The highest BCUT2D eigenvalue weighted by atomic mass is 32.2. The predicted octanol–water partition coefficient (Wildman–Crippen LogP) is 2.46. The number of piperidine rings is 2. The molecule has 0 aliphatic carbocycles. The number of aryl methyl sites for hydroxylation is 1. The van der Waals surface area contributed by atoms with E-state index < -0.39 is 10.0 Å². The number of amides is 1. The number of hydrogen-bond donors (Lipinski definition) is 1. The normalized spacial score (nSPS) is 20.2. The summed E-state index contributed by atoms with van der Waals surface area (Å²) in [5.41, 5.74) is 1.82. The highest BCUT2D eigenvalue weighted by Crippen LogP contribution is 2.24. The number of anilines is 1. The number of sulfonamides is 1. The third-order valence-corrected chi connectivity index (χ3v) is 6.03. The molecule has 1 amide bonds. The number of carbonyl (C=O) groups excluding carboxylic acids is 1. The molecule has 1 aromatic carbocycles. The quantitative estimate of drug-likeness (QED) is 0.872. The minimum Gasteiger partial charge on any atom is -0.339 e. The maximum atomic E-state index is 12.8. The van der Waals surface area contributed by atoms with E-state index in [1.165, 1.54) is 32.4 Å². The SMILES string of the molecule is Cc1ccc(C(=O)N2CCC(N3CCCCC3)CC2)cc1NS(C)(=O)=O. The lowest BCUT2D eigenvalue weighted by molar-refractivity contribution is 0.0590. The Kier molecular flexibility index (Phi) is 5.87. The summed E-state index contributed by atoms with van der Waals surface area (Å²) in [6.07, 6.45) is 7.08. The van der Waals surface area contributed by atoms with E-state index in [4.69, 9.17) is 0 Å². The molecule has 1 aromatic rings. The topological polar surface area (TPSA) is 69.7 Å². The number of rotatable bonds is 4. The van der Waals surface area contributed by atoms with Crippen molar-refractivity contribution in [3.63, 3.8) is 0 Å². The average molecular weight is 380 g/mol. The van der Waals surface area contributed by atoms with Crippen molar-refractivity contribution < 1.29 is 13.2 Å². The van der Waals surface area contributed by atoms with Gasteiger partial charge in [0.05, 0.1) is 11.9 Å². The van der Waals surface area contributed by atoms with Crippen LogP contribution in [0.25, 0.3) is 0 Å². The number of nitrogens with zero attached hydrogens (tertiary/aromatic N) is 2. The van der Waals surface area contributed by atoms with Crippen LogP contribution >= 0.6 is 0 Å². The fourth-order valence-corrected chi connectivity index (χ4v) is 4.58. The van der Waals surface area contributed by atoms with Crippen LogP contribution in [0.1, 0.15) is 48.0 Å². The minimum absolute atomic E-state index is 0.0151. The molecule has 0 bridgehead atoms. The van der Waals surface area contributed by atoms with Crippen LogP contribution in [0.2, 0.25) is 0 Å². The van der Waals surface area contributed by atoms with E-state index in [1.807, 2.05) is 11.8 Å². The molecular formula is C19H29N3O3S. The molecule has 0 saturated carbocycles. The largest absolute Gasteiger partial charge is 0.339 e. The van der Waals surface area contributed by atoms with Crippen molar-refractivity contribution >= 4 is 21.6 Å². The standard InChI is InChI=1S/C19H29N3O3S/c1-15-6-7-16(14-18(15)20-26(2,24)25)19(23)22-12-8-17(9-13-22)21-10-4-3-5-11-21/h6-7,14,17,20H,3-5,8-13H2,1-2H3. The van der Waals surface area contributed by atoms with Crippen LogP contribution in [-0.2, 0) is 10.0 Å². The van der Waals surface area contributed by atoms with Crippen LogP contribution in [-0.4, -0.2) is 62.6 Å². The molecule has 1 N–H and O–H groups in total. The number of hydrogen-bond acceptors (Lipinski definition) is 4. The van der Waals surface area contributed by atoms with Crippen LogP contribution in [0.3, 0.4) is 0 Å². The second-order valence-electron chi connectivity index (χ2n) is 7.52. The van der Waals surface area contributed by atoms with Gasteiger partial charge in [-0.25, -0.2) is 8.42 Å². The number of nitrogens with one attached hydrogen (secondary N) is 1. The smallest absolute Gasteiger partial charge is 0.253 e. The second-order valence-corrected chi connectivity index (χ2v) is 9.27. The Hall–Kier alpha value is -1.60. The van der Waals surface area contributed by atoms with E-state index in [0.717, 1.165) is 37.8 Å². The number of carbonyl (C=O) groups is 1. The molecule has 6 nitrogen and oxygen atoms in total. The Morgan fingerprint density at radius 2 is 1.73 bits per heavy atom. The van der Waals surface area contributed by atoms with Gasteiger partial charge >= 0.3 is 0 Å². The zero-order valence-corrected chi connectivity index (χ0v) is 16.5. The van der Waals surface area contributed by atoms with Gasteiger partial charge in [-0.2, -0.15) is 0 Å². The third-order valence-electron chi connectivity index (χ3n) is 5.44. The maximum absolute atomic E-state index is 12.8. The molecule has 0 radical (unpaired) electrons. The van der Waals surface area contributed by atoms with Gasteiger partial charge in [0.25, 0.3) is 5.91 Å². The first-order valence-electron chi connectivity index (χ1n) is 9.45. The van der Waals surface area contributed by atoms with Crippen molar-refractivity contribution in [2.24, 2.45) is 0 Å². The number of likely N-dealkylation sites (tertiary alicyclic amines) is 2. The lowest BCUT2D eigenvalue weighted by Gasteiger charge is -2.40. The summed E-state index contributed by atoms with van der Waals surface area (Å²) in [6.45, 7) is 5.74. The summed E-state index contributed by atoms with van der Waals surface area (Å²) in [4.78, 5) is 17.3. The number of benzene rings is 1. The van der Waals surface area contributed by atoms with Gasteiger partial charge in [-0.1, -0.05) is 12.5 Å². The predicted molar refractivity (Wildman–Crippen MR) is 104 cm³/mol. The Labute approximate surface area is 156 Å². The summed E-state index contributed by atoms with van der Waals surface area (Å²) in [7, 11) is -3.37. The van der Waals surface area contributed by atoms with Crippen LogP contribution in [0.15, 0.2) is 18.2 Å². The highest BCUT2D eigenvalue weighted by Gasteiger charge is 2.28. The molecule has 3 rings (SSSR count). The maximum Gasteiger partial charge on any atom is 0.253 e. The van der Waals surface area contributed by atoms with Crippen molar-refractivity contribution in [3.8, 4) is 0 Å². The fourth-order valence-electron chi connectivity index (χ4n) is 3.96. The Morgan fingerprint density at radius 3 is 2.35 bits per heavy atom. The van der Waals surface area contributed by atoms with E-state index in [9.17, 15) is 13.2 Å². The van der Waals surface area contributed by atoms with Crippen molar-refractivity contribution in [3.05, 3.63) is 29.3 Å². The molecule has 0 unspecified atom stereocenters.